The Morgan fingerprint density at radius 2 is 1.81 bits per heavy atom. The molecule has 0 aromatic heterocycles. The number of guanidine groups is 1. The minimum atomic E-state index is -0.336. The Morgan fingerprint density at radius 3 is 2.42 bits per heavy atom. The summed E-state index contributed by atoms with van der Waals surface area (Å²) >= 11 is 0. The largest absolute Gasteiger partial charge is 0.496 e. The maximum atomic E-state index is 11.5. The molecule has 0 heterocycles. The summed E-state index contributed by atoms with van der Waals surface area (Å²) in [5.41, 5.74) is 2.67. The zero-order valence-corrected chi connectivity index (χ0v) is 15.7. The van der Waals surface area contributed by atoms with E-state index < -0.39 is 0 Å². The van der Waals surface area contributed by atoms with Gasteiger partial charge in [0.1, 0.15) is 5.75 Å². The molecule has 0 atom stereocenters. The monoisotopic (exact) mass is 355 g/mol. The number of methoxy groups -OCH3 is 2. The second kappa shape index (κ2) is 9.46. The minimum absolute atomic E-state index is 0.336. The van der Waals surface area contributed by atoms with Gasteiger partial charge in [-0.1, -0.05) is 30.3 Å². The Kier molecular flexibility index (Phi) is 7.02. The molecule has 0 radical (unpaired) electrons. The molecular weight excluding hydrogens is 330 g/mol. The van der Waals surface area contributed by atoms with Crippen LogP contribution in [0.15, 0.2) is 53.5 Å². The van der Waals surface area contributed by atoms with E-state index in [1.165, 1.54) is 7.11 Å². The Bertz CT molecular complexity index is 757. The number of benzene rings is 2. The van der Waals surface area contributed by atoms with Crippen LogP contribution in [0.25, 0.3) is 0 Å². The first-order chi connectivity index (χ1) is 12.6. The van der Waals surface area contributed by atoms with E-state index in [9.17, 15) is 4.79 Å². The van der Waals surface area contributed by atoms with E-state index in [0.29, 0.717) is 18.7 Å². The molecule has 0 aliphatic carbocycles. The second-order valence-electron chi connectivity index (χ2n) is 5.76. The molecule has 0 saturated carbocycles. The fourth-order valence-corrected chi connectivity index (χ4v) is 2.61. The lowest BCUT2D eigenvalue weighted by Crippen LogP contribution is -2.38. The third-order valence-electron chi connectivity index (χ3n) is 4.00. The molecule has 2 aromatic carbocycles. The zero-order chi connectivity index (χ0) is 18.9. The predicted octanol–water partition coefficient (Wildman–Crippen LogP) is 2.69. The molecule has 0 amide bonds. The summed E-state index contributed by atoms with van der Waals surface area (Å²) in [4.78, 5) is 17.8. The third-order valence-corrected chi connectivity index (χ3v) is 4.00. The van der Waals surface area contributed by atoms with Gasteiger partial charge in [-0.2, -0.15) is 0 Å². The zero-order valence-electron chi connectivity index (χ0n) is 15.7. The number of rotatable bonds is 6. The highest BCUT2D eigenvalue weighted by atomic mass is 16.5. The van der Waals surface area contributed by atoms with Crippen LogP contribution in [0.3, 0.4) is 0 Å². The van der Waals surface area contributed by atoms with Crippen molar-refractivity contribution < 1.29 is 14.3 Å². The van der Waals surface area contributed by atoms with Crippen molar-refractivity contribution in [1.82, 2.24) is 10.2 Å². The summed E-state index contributed by atoms with van der Waals surface area (Å²) in [5, 5.41) is 3.32. The minimum Gasteiger partial charge on any atom is -0.496 e. The number of carbonyl (C=O) groups excluding carboxylic acids is 1. The first kappa shape index (κ1) is 19.3. The summed E-state index contributed by atoms with van der Waals surface area (Å²) in [6.45, 7) is 1.27. The van der Waals surface area contributed by atoms with Crippen LogP contribution in [0.4, 0.5) is 0 Å². The van der Waals surface area contributed by atoms with Crippen LogP contribution in [0.1, 0.15) is 21.5 Å². The van der Waals surface area contributed by atoms with Gasteiger partial charge in [0.2, 0.25) is 0 Å². The molecule has 0 fully saturated rings. The normalized spacial score (nSPS) is 11.0. The highest BCUT2D eigenvalue weighted by molar-refractivity contribution is 5.89. The molecule has 0 saturated heterocycles. The molecule has 1 N–H and O–H groups in total. The van der Waals surface area contributed by atoms with Gasteiger partial charge < -0.3 is 19.7 Å². The average Bonchev–Trinajstić information content (AvgIpc) is 2.68. The Labute approximate surface area is 154 Å². The highest BCUT2D eigenvalue weighted by Crippen LogP contribution is 2.18. The van der Waals surface area contributed by atoms with Crippen LogP contribution in [0, 0.1) is 0 Å². The van der Waals surface area contributed by atoms with Crippen LogP contribution in [0.2, 0.25) is 0 Å². The third kappa shape index (κ3) is 4.99. The average molecular weight is 355 g/mol. The lowest BCUT2D eigenvalue weighted by atomic mass is 10.1. The fourth-order valence-electron chi connectivity index (χ4n) is 2.61. The topological polar surface area (TPSA) is 63.2 Å². The van der Waals surface area contributed by atoms with Gasteiger partial charge in [0, 0.05) is 32.7 Å². The quantitative estimate of drug-likeness (QED) is 0.490. The summed E-state index contributed by atoms with van der Waals surface area (Å²) in [6.07, 6.45) is 0. The van der Waals surface area contributed by atoms with Crippen molar-refractivity contribution in [3.05, 3.63) is 65.2 Å². The van der Waals surface area contributed by atoms with E-state index in [1.54, 1.807) is 26.3 Å². The van der Waals surface area contributed by atoms with Crippen molar-refractivity contribution >= 4 is 11.9 Å². The molecule has 0 unspecified atom stereocenters. The molecule has 2 aromatic rings. The molecule has 0 aliphatic rings. The van der Waals surface area contributed by atoms with Gasteiger partial charge in [-0.25, -0.2) is 4.79 Å². The number of hydrogen-bond donors (Lipinski definition) is 1. The second-order valence-corrected chi connectivity index (χ2v) is 5.76. The fraction of sp³-hybridized carbons (Fsp3) is 0.300. The van der Waals surface area contributed by atoms with Gasteiger partial charge in [0.25, 0.3) is 0 Å². The summed E-state index contributed by atoms with van der Waals surface area (Å²) < 4.78 is 10.1. The maximum Gasteiger partial charge on any atom is 0.337 e. The van der Waals surface area contributed by atoms with Gasteiger partial charge >= 0.3 is 5.97 Å². The van der Waals surface area contributed by atoms with E-state index in [-0.39, 0.29) is 5.97 Å². The van der Waals surface area contributed by atoms with Gasteiger partial charge in [-0.3, -0.25) is 4.99 Å². The SMILES string of the molecule is CN=C(NCc1ccc(C(=O)OC)cc1)N(C)Cc1ccccc1OC. The van der Waals surface area contributed by atoms with Gasteiger partial charge in [-0.15, -0.1) is 0 Å². The Morgan fingerprint density at radius 1 is 1.12 bits per heavy atom. The molecular formula is C20H25N3O3. The molecule has 0 bridgehead atoms. The van der Waals surface area contributed by atoms with Crippen LogP contribution >= 0.6 is 0 Å². The standard InChI is InChI=1S/C20H25N3O3/c1-21-20(23(2)14-17-7-5-6-8-18(17)25-3)22-13-15-9-11-16(12-10-15)19(24)26-4/h5-12H,13-14H2,1-4H3,(H,21,22). The molecule has 26 heavy (non-hydrogen) atoms. The smallest absolute Gasteiger partial charge is 0.337 e. The van der Waals surface area contributed by atoms with Gasteiger partial charge in [-0.05, 0) is 23.8 Å². The Balaban J connectivity index is 1.97. The maximum absolute atomic E-state index is 11.5. The Hall–Kier alpha value is -3.02. The van der Waals surface area contributed by atoms with Crippen LogP contribution < -0.4 is 10.1 Å². The van der Waals surface area contributed by atoms with Crippen molar-refractivity contribution in [3.63, 3.8) is 0 Å². The van der Waals surface area contributed by atoms with Crippen LogP contribution in [-0.2, 0) is 17.8 Å². The van der Waals surface area contributed by atoms with Crippen molar-refractivity contribution in [2.45, 2.75) is 13.1 Å². The lowest BCUT2D eigenvalue weighted by Gasteiger charge is -2.23. The molecule has 0 aliphatic heterocycles. The summed E-state index contributed by atoms with van der Waals surface area (Å²) in [5.74, 6) is 1.29. The van der Waals surface area contributed by atoms with Crippen molar-refractivity contribution in [2.24, 2.45) is 4.99 Å². The van der Waals surface area contributed by atoms with Crippen LogP contribution in [-0.4, -0.2) is 45.1 Å². The van der Waals surface area contributed by atoms with Gasteiger partial charge in [0.15, 0.2) is 5.96 Å². The number of ether oxygens (including phenoxy) is 2. The summed E-state index contributed by atoms with van der Waals surface area (Å²) in [6, 6.07) is 15.2. The number of esters is 1. The highest BCUT2D eigenvalue weighted by Gasteiger charge is 2.10. The number of hydrogen-bond acceptors (Lipinski definition) is 4. The predicted molar refractivity (Wildman–Crippen MR) is 102 cm³/mol. The van der Waals surface area contributed by atoms with Crippen molar-refractivity contribution in [1.29, 1.82) is 0 Å². The molecule has 138 valence electrons. The molecule has 6 heteroatoms. The summed E-state index contributed by atoms with van der Waals surface area (Å²) in [7, 11) is 6.77. The number of para-hydroxylation sites is 1. The molecule has 0 spiro atoms. The van der Waals surface area contributed by atoms with E-state index in [4.69, 9.17) is 9.47 Å². The van der Waals surface area contributed by atoms with Crippen LogP contribution in [0.5, 0.6) is 5.75 Å². The number of carbonyl (C=O) groups is 1. The molecule has 2 rings (SSSR count). The van der Waals surface area contributed by atoms with Crippen molar-refractivity contribution in [3.8, 4) is 5.75 Å². The number of aliphatic imine (C=N–C) groups is 1. The number of nitrogens with zero attached hydrogens (tertiary/aromatic N) is 2. The number of nitrogens with one attached hydrogen (secondary N) is 1. The first-order valence-corrected chi connectivity index (χ1v) is 8.30. The van der Waals surface area contributed by atoms with E-state index in [1.807, 2.05) is 48.3 Å². The van der Waals surface area contributed by atoms with Gasteiger partial charge in [0.05, 0.1) is 19.8 Å². The van der Waals surface area contributed by atoms with E-state index in [2.05, 4.69) is 10.3 Å². The molecule has 6 nitrogen and oxygen atoms in total. The van der Waals surface area contributed by atoms with E-state index in [0.717, 1.165) is 22.8 Å². The van der Waals surface area contributed by atoms with E-state index >= 15 is 0 Å². The van der Waals surface area contributed by atoms with Crippen molar-refractivity contribution in [2.75, 3.05) is 28.3 Å². The lowest BCUT2D eigenvalue weighted by molar-refractivity contribution is 0.0600. The first-order valence-electron chi connectivity index (χ1n) is 8.30.